The molecule has 0 aliphatic heterocycles. The number of aromatic nitrogens is 3. The van der Waals surface area contributed by atoms with Gasteiger partial charge < -0.3 is 5.32 Å². The number of hydrogen-bond donors (Lipinski definition) is 2. The molecule has 0 spiro atoms. The van der Waals surface area contributed by atoms with Gasteiger partial charge in [-0.2, -0.15) is 5.10 Å². The highest BCUT2D eigenvalue weighted by molar-refractivity contribution is 5.61. The highest BCUT2D eigenvalue weighted by Crippen LogP contribution is 2.20. The van der Waals surface area contributed by atoms with Gasteiger partial charge in [-0.1, -0.05) is 13.8 Å². The van der Waals surface area contributed by atoms with Gasteiger partial charge in [-0.3, -0.25) is 10.1 Å². The summed E-state index contributed by atoms with van der Waals surface area (Å²) in [6, 6.07) is 1.84. The van der Waals surface area contributed by atoms with E-state index in [0.29, 0.717) is 18.2 Å². The SMILES string of the molecule is CC(C)NCc1cn[nH]c1-c1cncc(F)c1. The number of nitrogens with one attached hydrogen (secondary N) is 2. The molecule has 4 nitrogen and oxygen atoms in total. The molecule has 17 heavy (non-hydrogen) atoms. The van der Waals surface area contributed by atoms with E-state index >= 15 is 0 Å². The smallest absolute Gasteiger partial charge is 0.142 e. The summed E-state index contributed by atoms with van der Waals surface area (Å²) in [6.45, 7) is 4.84. The molecule has 0 bridgehead atoms. The Morgan fingerprint density at radius 3 is 2.88 bits per heavy atom. The lowest BCUT2D eigenvalue weighted by Crippen LogP contribution is -2.21. The van der Waals surface area contributed by atoms with Crippen LogP contribution >= 0.6 is 0 Å². The van der Waals surface area contributed by atoms with E-state index in [1.54, 1.807) is 12.4 Å². The highest BCUT2D eigenvalue weighted by Gasteiger charge is 2.09. The van der Waals surface area contributed by atoms with Crippen LogP contribution in [0.4, 0.5) is 4.39 Å². The Labute approximate surface area is 99.3 Å². The summed E-state index contributed by atoms with van der Waals surface area (Å²) < 4.78 is 13.1. The average molecular weight is 234 g/mol. The lowest BCUT2D eigenvalue weighted by molar-refractivity contribution is 0.589. The second-order valence-electron chi connectivity index (χ2n) is 4.20. The third-order valence-electron chi connectivity index (χ3n) is 2.41. The summed E-state index contributed by atoms with van der Waals surface area (Å²) in [7, 11) is 0. The zero-order chi connectivity index (χ0) is 12.3. The number of nitrogens with zero attached hydrogens (tertiary/aromatic N) is 2. The van der Waals surface area contributed by atoms with Crippen LogP contribution in [0.5, 0.6) is 0 Å². The van der Waals surface area contributed by atoms with Gasteiger partial charge in [0, 0.05) is 29.9 Å². The average Bonchev–Trinajstić information content (AvgIpc) is 2.74. The first-order valence-corrected chi connectivity index (χ1v) is 5.53. The van der Waals surface area contributed by atoms with E-state index in [1.165, 1.54) is 12.3 Å². The van der Waals surface area contributed by atoms with Crippen molar-refractivity contribution < 1.29 is 4.39 Å². The van der Waals surface area contributed by atoms with Crippen molar-refractivity contribution in [3.63, 3.8) is 0 Å². The Morgan fingerprint density at radius 2 is 2.18 bits per heavy atom. The molecule has 2 aromatic rings. The minimum Gasteiger partial charge on any atom is -0.310 e. The van der Waals surface area contributed by atoms with Gasteiger partial charge in [0.15, 0.2) is 0 Å². The molecule has 0 aliphatic rings. The molecular formula is C12H15FN4. The van der Waals surface area contributed by atoms with E-state index in [0.717, 1.165) is 11.3 Å². The molecule has 0 saturated carbocycles. The number of H-pyrrole nitrogens is 1. The molecule has 0 saturated heterocycles. The van der Waals surface area contributed by atoms with Crippen molar-refractivity contribution in [2.75, 3.05) is 0 Å². The van der Waals surface area contributed by atoms with Gasteiger partial charge >= 0.3 is 0 Å². The lowest BCUT2D eigenvalue weighted by atomic mass is 10.1. The second-order valence-corrected chi connectivity index (χ2v) is 4.20. The molecule has 0 atom stereocenters. The summed E-state index contributed by atoms with van der Waals surface area (Å²) in [5, 5.41) is 10.2. The number of pyridine rings is 1. The number of halogens is 1. The molecule has 0 amide bonds. The fourth-order valence-electron chi connectivity index (χ4n) is 1.56. The van der Waals surface area contributed by atoms with Crippen molar-refractivity contribution in [3.05, 3.63) is 36.0 Å². The molecule has 0 unspecified atom stereocenters. The van der Waals surface area contributed by atoms with Crippen LogP contribution in [0, 0.1) is 5.82 Å². The number of hydrogen-bond acceptors (Lipinski definition) is 3. The first-order valence-electron chi connectivity index (χ1n) is 5.53. The molecule has 2 N–H and O–H groups in total. The zero-order valence-electron chi connectivity index (χ0n) is 9.87. The predicted octanol–water partition coefficient (Wildman–Crippen LogP) is 2.11. The van der Waals surface area contributed by atoms with E-state index in [1.807, 2.05) is 0 Å². The Morgan fingerprint density at radius 1 is 1.35 bits per heavy atom. The van der Waals surface area contributed by atoms with Crippen LogP contribution in [0.25, 0.3) is 11.3 Å². The topological polar surface area (TPSA) is 53.6 Å². The number of aromatic amines is 1. The van der Waals surface area contributed by atoms with Gasteiger partial charge in [-0.05, 0) is 6.07 Å². The van der Waals surface area contributed by atoms with Crippen molar-refractivity contribution in [2.24, 2.45) is 0 Å². The highest BCUT2D eigenvalue weighted by atomic mass is 19.1. The number of rotatable bonds is 4. The van der Waals surface area contributed by atoms with Crippen molar-refractivity contribution in [2.45, 2.75) is 26.4 Å². The molecule has 0 fully saturated rings. The quantitative estimate of drug-likeness (QED) is 0.851. The largest absolute Gasteiger partial charge is 0.310 e. The Hall–Kier alpha value is -1.75. The van der Waals surface area contributed by atoms with E-state index in [9.17, 15) is 4.39 Å². The molecule has 0 radical (unpaired) electrons. The molecule has 2 heterocycles. The van der Waals surface area contributed by atoms with Gasteiger partial charge in [-0.25, -0.2) is 4.39 Å². The second kappa shape index (κ2) is 5.05. The third-order valence-corrected chi connectivity index (χ3v) is 2.41. The van der Waals surface area contributed by atoms with Crippen LogP contribution in [-0.2, 0) is 6.54 Å². The maximum absolute atomic E-state index is 13.1. The van der Waals surface area contributed by atoms with Crippen LogP contribution in [0.3, 0.4) is 0 Å². The van der Waals surface area contributed by atoms with Crippen LogP contribution in [0.2, 0.25) is 0 Å². The third kappa shape index (κ3) is 2.88. The maximum atomic E-state index is 13.1. The molecule has 2 aromatic heterocycles. The van der Waals surface area contributed by atoms with E-state index in [4.69, 9.17) is 0 Å². The zero-order valence-corrected chi connectivity index (χ0v) is 9.87. The van der Waals surface area contributed by atoms with Gasteiger partial charge in [-0.15, -0.1) is 0 Å². The van der Waals surface area contributed by atoms with Crippen LogP contribution in [0.15, 0.2) is 24.7 Å². The molecule has 0 aromatic carbocycles. The first kappa shape index (κ1) is 11.7. The fourth-order valence-corrected chi connectivity index (χ4v) is 1.56. The minimum atomic E-state index is -0.347. The van der Waals surface area contributed by atoms with Gasteiger partial charge in [0.25, 0.3) is 0 Å². The first-order chi connectivity index (χ1) is 8.16. The summed E-state index contributed by atoms with van der Waals surface area (Å²) in [4.78, 5) is 3.83. The van der Waals surface area contributed by atoms with Crippen molar-refractivity contribution in [1.29, 1.82) is 0 Å². The normalized spacial score (nSPS) is 11.1. The molecule has 0 aliphatic carbocycles. The maximum Gasteiger partial charge on any atom is 0.142 e. The molecule has 2 rings (SSSR count). The van der Waals surface area contributed by atoms with E-state index in [2.05, 4.69) is 34.3 Å². The Balaban J connectivity index is 2.24. The predicted molar refractivity (Wildman–Crippen MR) is 63.8 cm³/mol. The Bertz CT molecular complexity index is 493. The van der Waals surface area contributed by atoms with Crippen LogP contribution < -0.4 is 5.32 Å². The monoisotopic (exact) mass is 234 g/mol. The van der Waals surface area contributed by atoms with Gasteiger partial charge in [0.1, 0.15) is 5.82 Å². The Kier molecular flexibility index (Phi) is 3.49. The fraction of sp³-hybridized carbons (Fsp3) is 0.333. The summed E-state index contributed by atoms with van der Waals surface area (Å²) in [5.74, 6) is -0.347. The molecule has 90 valence electrons. The summed E-state index contributed by atoms with van der Waals surface area (Å²) in [5.41, 5.74) is 2.53. The van der Waals surface area contributed by atoms with Gasteiger partial charge in [0.2, 0.25) is 0 Å². The van der Waals surface area contributed by atoms with E-state index in [-0.39, 0.29) is 5.82 Å². The van der Waals surface area contributed by atoms with Crippen LogP contribution in [0.1, 0.15) is 19.4 Å². The minimum absolute atomic E-state index is 0.347. The van der Waals surface area contributed by atoms with Crippen molar-refractivity contribution in [3.8, 4) is 11.3 Å². The van der Waals surface area contributed by atoms with Crippen molar-refractivity contribution in [1.82, 2.24) is 20.5 Å². The molecule has 5 heteroatoms. The standard InChI is InChI=1S/C12H15FN4/c1-8(2)15-5-10-6-16-17-12(10)9-3-11(13)7-14-4-9/h3-4,6-8,15H,5H2,1-2H3,(H,16,17). The summed E-state index contributed by atoms with van der Waals surface area (Å²) in [6.07, 6.45) is 4.55. The molecular weight excluding hydrogens is 219 g/mol. The summed E-state index contributed by atoms with van der Waals surface area (Å²) >= 11 is 0. The lowest BCUT2D eigenvalue weighted by Gasteiger charge is -2.08. The van der Waals surface area contributed by atoms with Crippen molar-refractivity contribution >= 4 is 0 Å². The van der Waals surface area contributed by atoms with Gasteiger partial charge in [0.05, 0.1) is 18.1 Å². The van der Waals surface area contributed by atoms with Crippen LogP contribution in [-0.4, -0.2) is 21.2 Å². The van der Waals surface area contributed by atoms with E-state index < -0.39 is 0 Å².